The maximum absolute atomic E-state index is 4.75. The van der Waals surface area contributed by atoms with Crippen LogP contribution in [0.4, 0.5) is 5.69 Å². The normalized spacial score (nSPS) is 10.8. The van der Waals surface area contributed by atoms with E-state index in [-0.39, 0.29) is 0 Å². The molecule has 2 aromatic rings. The average molecular weight is 275 g/mol. The Labute approximate surface area is 115 Å². The van der Waals surface area contributed by atoms with Crippen LogP contribution in [0.5, 0.6) is 0 Å². The molecule has 0 fully saturated rings. The molecule has 0 radical (unpaired) electrons. The van der Waals surface area contributed by atoms with Gasteiger partial charge in [0.2, 0.25) is 0 Å². The summed E-state index contributed by atoms with van der Waals surface area (Å²) in [6.45, 7) is 0. The summed E-state index contributed by atoms with van der Waals surface area (Å²) in [5.74, 6) is 4.75. The average Bonchev–Trinajstić information content (AvgIpc) is 2.47. The molecule has 0 spiro atoms. The van der Waals surface area contributed by atoms with E-state index in [9.17, 15) is 0 Å². The van der Waals surface area contributed by atoms with Crippen molar-refractivity contribution in [3.05, 3.63) is 60.2 Å². The molecule has 0 aliphatic carbocycles. The summed E-state index contributed by atoms with van der Waals surface area (Å²) >= 11 is 1.04. The van der Waals surface area contributed by atoms with E-state index >= 15 is 0 Å². The zero-order valence-electron chi connectivity index (χ0n) is 10.0. The summed E-state index contributed by atoms with van der Waals surface area (Å²) in [5.41, 5.74) is 4.86. The fourth-order valence-electron chi connectivity index (χ4n) is 1.36. The van der Waals surface area contributed by atoms with E-state index < -0.39 is 0 Å². The SMILES string of the molecule is NOOSc1ccc(N/N=C/c2ccccc2)cc1. The molecular weight excluding hydrogens is 262 g/mol. The molecule has 0 aliphatic heterocycles. The fraction of sp³-hybridized carbons (Fsp3) is 0. The molecule has 0 saturated heterocycles. The van der Waals surface area contributed by atoms with E-state index in [0.717, 1.165) is 28.2 Å². The van der Waals surface area contributed by atoms with E-state index in [1.54, 1.807) is 6.21 Å². The van der Waals surface area contributed by atoms with Gasteiger partial charge in [0.1, 0.15) is 0 Å². The third-order valence-corrected chi connectivity index (χ3v) is 2.84. The lowest BCUT2D eigenvalue weighted by Crippen LogP contribution is -1.94. The summed E-state index contributed by atoms with van der Waals surface area (Å²) < 4.78 is 4.54. The predicted octanol–water partition coefficient (Wildman–Crippen LogP) is 2.96. The summed E-state index contributed by atoms with van der Waals surface area (Å²) in [6, 6.07) is 17.3. The molecule has 19 heavy (non-hydrogen) atoms. The van der Waals surface area contributed by atoms with Crippen molar-refractivity contribution in [2.75, 3.05) is 5.43 Å². The minimum Gasteiger partial charge on any atom is -0.279 e. The third-order valence-electron chi connectivity index (χ3n) is 2.23. The van der Waals surface area contributed by atoms with Gasteiger partial charge in [0.25, 0.3) is 0 Å². The highest BCUT2D eigenvalue weighted by Gasteiger charge is 1.95. The van der Waals surface area contributed by atoms with Crippen LogP contribution in [0.1, 0.15) is 5.56 Å². The van der Waals surface area contributed by atoms with Crippen molar-refractivity contribution in [2.45, 2.75) is 4.90 Å². The van der Waals surface area contributed by atoms with Crippen LogP contribution in [0.15, 0.2) is 64.6 Å². The van der Waals surface area contributed by atoms with E-state index in [4.69, 9.17) is 5.90 Å². The first-order chi connectivity index (χ1) is 9.38. The van der Waals surface area contributed by atoms with Crippen LogP contribution < -0.4 is 11.3 Å². The number of rotatable bonds is 6. The molecule has 0 aliphatic rings. The van der Waals surface area contributed by atoms with Gasteiger partial charge in [-0.25, -0.2) is 0 Å². The van der Waals surface area contributed by atoms with Gasteiger partial charge in [-0.3, -0.25) is 5.43 Å². The number of anilines is 1. The van der Waals surface area contributed by atoms with Crippen molar-refractivity contribution in [2.24, 2.45) is 11.0 Å². The monoisotopic (exact) mass is 275 g/mol. The van der Waals surface area contributed by atoms with E-state index in [1.165, 1.54) is 0 Å². The Bertz CT molecular complexity index is 517. The number of benzene rings is 2. The van der Waals surface area contributed by atoms with Crippen molar-refractivity contribution in [1.29, 1.82) is 0 Å². The Morgan fingerprint density at radius 1 is 1.05 bits per heavy atom. The highest BCUT2D eigenvalue weighted by Crippen LogP contribution is 2.20. The van der Waals surface area contributed by atoms with Gasteiger partial charge in [0.15, 0.2) is 0 Å². The van der Waals surface area contributed by atoms with Crippen molar-refractivity contribution in [3.8, 4) is 0 Å². The van der Waals surface area contributed by atoms with Crippen molar-refractivity contribution >= 4 is 23.9 Å². The molecule has 0 atom stereocenters. The number of nitrogens with zero attached hydrogens (tertiary/aromatic N) is 1. The van der Waals surface area contributed by atoms with E-state index in [1.807, 2.05) is 54.6 Å². The van der Waals surface area contributed by atoms with Crippen molar-refractivity contribution < 1.29 is 9.32 Å². The molecule has 3 N–H and O–H groups in total. The van der Waals surface area contributed by atoms with Gasteiger partial charge >= 0.3 is 0 Å². The van der Waals surface area contributed by atoms with Gasteiger partial charge in [0.05, 0.1) is 23.9 Å². The lowest BCUT2D eigenvalue weighted by atomic mass is 10.2. The van der Waals surface area contributed by atoms with Crippen LogP contribution >= 0.6 is 12.0 Å². The molecule has 6 heteroatoms. The molecule has 0 saturated carbocycles. The second kappa shape index (κ2) is 7.55. The largest absolute Gasteiger partial charge is 0.279 e. The first-order valence-corrected chi connectivity index (χ1v) is 6.27. The van der Waals surface area contributed by atoms with Crippen LogP contribution in [-0.2, 0) is 9.32 Å². The lowest BCUT2D eigenvalue weighted by molar-refractivity contribution is -0.195. The van der Waals surface area contributed by atoms with Crippen molar-refractivity contribution in [3.63, 3.8) is 0 Å². The Morgan fingerprint density at radius 3 is 2.47 bits per heavy atom. The summed E-state index contributed by atoms with van der Waals surface area (Å²) in [7, 11) is 0. The van der Waals surface area contributed by atoms with E-state index in [2.05, 4.69) is 19.8 Å². The molecule has 2 aromatic carbocycles. The Morgan fingerprint density at radius 2 is 1.79 bits per heavy atom. The molecule has 2 rings (SSSR count). The number of nitrogens with one attached hydrogen (secondary N) is 1. The highest BCUT2D eigenvalue weighted by atomic mass is 32.2. The number of hydrogen-bond acceptors (Lipinski definition) is 6. The smallest absolute Gasteiger partial charge is 0.0702 e. The molecule has 0 heterocycles. The molecule has 0 bridgehead atoms. The van der Waals surface area contributed by atoms with Gasteiger partial charge in [-0.2, -0.15) is 11.0 Å². The molecule has 0 aromatic heterocycles. The summed E-state index contributed by atoms with van der Waals surface area (Å²) in [5, 5.41) is 4.15. The molecule has 0 amide bonds. The predicted molar refractivity (Wildman–Crippen MR) is 76.3 cm³/mol. The zero-order chi connectivity index (χ0) is 13.3. The van der Waals surface area contributed by atoms with Crippen LogP contribution in [0.2, 0.25) is 0 Å². The van der Waals surface area contributed by atoms with Crippen LogP contribution in [0.3, 0.4) is 0 Å². The first-order valence-electron chi connectivity index (χ1n) is 5.53. The highest BCUT2D eigenvalue weighted by molar-refractivity contribution is 7.94. The Hall–Kier alpha value is -1.86. The second-order valence-electron chi connectivity index (χ2n) is 3.55. The molecule has 0 unspecified atom stereocenters. The van der Waals surface area contributed by atoms with Gasteiger partial charge < -0.3 is 0 Å². The fourth-order valence-corrected chi connectivity index (χ4v) is 1.73. The molecule has 98 valence electrons. The standard InChI is InChI=1S/C13H13N3O2S/c14-17-18-19-13-8-6-12(7-9-13)16-15-10-11-4-2-1-3-5-11/h1-10,16H,14H2/b15-10+. The summed E-state index contributed by atoms with van der Waals surface area (Å²) in [6.07, 6.45) is 1.76. The first kappa shape index (κ1) is 13.6. The topological polar surface area (TPSA) is 68.9 Å². The minimum atomic E-state index is 0.878. The maximum Gasteiger partial charge on any atom is 0.0702 e. The second-order valence-corrected chi connectivity index (χ2v) is 4.33. The van der Waals surface area contributed by atoms with E-state index in [0.29, 0.717) is 0 Å². The van der Waals surface area contributed by atoms with Crippen LogP contribution in [-0.4, -0.2) is 6.21 Å². The maximum atomic E-state index is 4.75. The van der Waals surface area contributed by atoms with Gasteiger partial charge in [0, 0.05) is 4.90 Å². The van der Waals surface area contributed by atoms with Gasteiger partial charge in [-0.15, -0.1) is 9.32 Å². The van der Waals surface area contributed by atoms with Crippen LogP contribution in [0.25, 0.3) is 0 Å². The zero-order valence-corrected chi connectivity index (χ0v) is 10.8. The molecule has 5 nitrogen and oxygen atoms in total. The number of hydrazone groups is 1. The Kier molecular flexibility index (Phi) is 5.39. The minimum absolute atomic E-state index is 0.878. The number of hydrogen-bond donors (Lipinski definition) is 2. The van der Waals surface area contributed by atoms with Gasteiger partial charge in [-0.05, 0) is 29.8 Å². The quantitative estimate of drug-likeness (QED) is 0.367. The Balaban J connectivity index is 1.88. The van der Waals surface area contributed by atoms with Gasteiger partial charge in [-0.1, -0.05) is 30.3 Å². The third kappa shape index (κ3) is 4.72. The van der Waals surface area contributed by atoms with Crippen LogP contribution in [0, 0.1) is 0 Å². The molecular formula is C13H13N3O2S. The lowest BCUT2D eigenvalue weighted by Gasteiger charge is -2.01. The summed E-state index contributed by atoms with van der Waals surface area (Å²) in [4.78, 5) is 4.89. The van der Waals surface area contributed by atoms with Crippen molar-refractivity contribution in [1.82, 2.24) is 0 Å². The number of nitrogens with two attached hydrogens (primary N) is 1.